The number of carbonyl (C=O) groups is 1. The Hall–Kier alpha value is -0.590. The number of amides is 1. The molecule has 0 saturated heterocycles. The minimum Gasteiger partial charge on any atom is -0.479 e. The molecule has 4 nitrogen and oxygen atoms in total. The van der Waals surface area contributed by atoms with E-state index >= 15 is 0 Å². The van der Waals surface area contributed by atoms with Crippen LogP contribution in [-0.2, 0) is 11.2 Å². The largest absolute Gasteiger partial charge is 0.479 e. The van der Waals surface area contributed by atoms with Crippen LogP contribution in [0.1, 0.15) is 32.8 Å². The fourth-order valence-electron chi connectivity index (χ4n) is 1.73. The first-order valence-corrected chi connectivity index (χ1v) is 8.62. The first kappa shape index (κ1) is 18.5. The molecule has 118 valence electrons. The van der Waals surface area contributed by atoms with Crippen molar-refractivity contribution in [2.24, 2.45) is 5.73 Å². The molecule has 0 bridgehead atoms. The third-order valence-corrected chi connectivity index (χ3v) is 4.33. The lowest BCUT2D eigenvalue weighted by atomic mass is 10.1. The summed E-state index contributed by atoms with van der Waals surface area (Å²) >= 11 is 6.97. The summed E-state index contributed by atoms with van der Waals surface area (Å²) in [5.74, 6) is 0.511. The van der Waals surface area contributed by atoms with Crippen LogP contribution in [-0.4, -0.2) is 24.6 Å². The molecule has 3 N–H and O–H groups in total. The minimum absolute atomic E-state index is 0.116. The van der Waals surface area contributed by atoms with E-state index in [2.05, 4.69) is 37.2 Å². The number of hydrogen-bond acceptors (Lipinski definition) is 3. The van der Waals surface area contributed by atoms with Crippen molar-refractivity contribution in [1.29, 1.82) is 0 Å². The average Bonchev–Trinajstić information content (AvgIpc) is 2.42. The molecule has 2 unspecified atom stereocenters. The van der Waals surface area contributed by atoms with E-state index in [-0.39, 0.29) is 11.9 Å². The van der Waals surface area contributed by atoms with Gasteiger partial charge in [-0.3, -0.25) is 4.79 Å². The van der Waals surface area contributed by atoms with Crippen molar-refractivity contribution in [2.45, 2.75) is 45.8 Å². The molecule has 1 rings (SSSR count). The van der Waals surface area contributed by atoms with Gasteiger partial charge in [0, 0.05) is 6.04 Å². The van der Waals surface area contributed by atoms with E-state index in [1.807, 2.05) is 26.0 Å². The van der Waals surface area contributed by atoms with Crippen LogP contribution in [0.4, 0.5) is 0 Å². The maximum Gasteiger partial charge on any atom is 0.260 e. The van der Waals surface area contributed by atoms with Gasteiger partial charge in [0.15, 0.2) is 6.10 Å². The SMILES string of the molecule is CCC(C)NC(=O)C(C)Oc1c(Br)cc(CCN)cc1Br. The van der Waals surface area contributed by atoms with E-state index in [9.17, 15) is 4.79 Å². The molecular weight excluding hydrogens is 400 g/mol. The predicted molar refractivity (Wildman–Crippen MR) is 92.6 cm³/mol. The monoisotopic (exact) mass is 420 g/mol. The number of benzene rings is 1. The van der Waals surface area contributed by atoms with Crippen LogP contribution in [0.5, 0.6) is 5.75 Å². The number of rotatable bonds is 7. The normalized spacial score (nSPS) is 13.6. The maximum atomic E-state index is 12.0. The quantitative estimate of drug-likeness (QED) is 0.709. The van der Waals surface area contributed by atoms with Gasteiger partial charge in [0.1, 0.15) is 5.75 Å². The number of carbonyl (C=O) groups excluding carboxylic acids is 1. The Morgan fingerprint density at radius 2 is 1.90 bits per heavy atom. The summed E-state index contributed by atoms with van der Waals surface area (Å²) in [6, 6.07) is 4.07. The molecule has 0 aliphatic heterocycles. The smallest absolute Gasteiger partial charge is 0.260 e. The molecule has 0 radical (unpaired) electrons. The summed E-state index contributed by atoms with van der Waals surface area (Å²) in [6.45, 7) is 6.33. The van der Waals surface area contributed by atoms with Crippen molar-refractivity contribution in [3.05, 3.63) is 26.6 Å². The molecule has 0 spiro atoms. The van der Waals surface area contributed by atoms with Crippen LogP contribution in [0.15, 0.2) is 21.1 Å². The summed E-state index contributed by atoms with van der Waals surface area (Å²) in [5.41, 5.74) is 6.68. The van der Waals surface area contributed by atoms with E-state index in [0.717, 1.165) is 27.4 Å². The van der Waals surface area contributed by atoms with Gasteiger partial charge >= 0.3 is 0 Å². The molecule has 0 saturated carbocycles. The van der Waals surface area contributed by atoms with E-state index in [0.29, 0.717) is 12.3 Å². The van der Waals surface area contributed by atoms with Crippen molar-refractivity contribution in [1.82, 2.24) is 5.32 Å². The third kappa shape index (κ3) is 5.60. The average molecular weight is 422 g/mol. The fourth-order valence-corrected chi connectivity index (χ4v) is 3.20. The van der Waals surface area contributed by atoms with Gasteiger partial charge in [-0.1, -0.05) is 6.92 Å². The lowest BCUT2D eigenvalue weighted by molar-refractivity contribution is -0.127. The number of nitrogens with one attached hydrogen (secondary N) is 1. The zero-order valence-electron chi connectivity index (χ0n) is 12.6. The van der Waals surface area contributed by atoms with Crippen LogP contribution in [0.2, 0.25) is 0 Å². The molecule has 0 heterocycles. The zero-order chi connectivity index (χ0) is 16.0. The van der Waals surface area contributed by atoms with E-state index in [1.54, 1.807) is 6.92 Å². The van der Waals surface area contributed by atoms with E-state index in [1.165, 1.54) is 0 Å². The summed E-state index contributed by atoms with van der Waals surface area (Å²) < 4.78 is 7.40. The topological polar surface area (TPSA) is 64.3 Å². The Morgan fingerprint density at radius 3 is 2.38 bits per heavy atom. The predicted octanol–water partition coefficient (Wildman–Crippen LogP) is 3.39. The molecule has 0 fully saturated rings. The number of ether oxygens (including phenoxy) is 1. The van der Waals surface area contributed by atoms with Gasteiger partial charge in [0.25, 0.3) is 5.91 Å². The summed E-state index contributed by atoms with van der Waals surface area (Å²) in [4.78, 5) is 12.0. The molecule has 6 heteroatoms. The Bertz CT molecular complexity index is 472. The van der Waals surface area contributed by atoms with E-state index < -0.39 is 6.10 Å². The summed E-state index contributed by atoms with van der Waals surface area (Å²) in [7, 11) is 0. The molecule has 21 heavy (non-hydrogen) atoms. The fraction of sp³-hybridized carbons (Fsp3) is 0.533. The van der Waals surface area contributed by atoms with Gasteiger partial charge in [-0.15, -0.1) is 0 Å². The van der Waals surface area contributed by atoms with Gasteiger partial charge in [0.05, 0.1) is 8.95 Å². The van der Waals surface area contributed by atoms with Crippen LogP contribution < -0.4 is 15.8 Å². The summed E-state index contributed by atoms with van der Waals surface area (Å²) in [5, 5.41) is 2.91. The second kappa shape index (κ2) is 8.76. The first-order valence-electron chi connectivity index (χ1n) is 7.04. The second-order valence-corrected chi connectivity index (χ2v) is 6.71. The highest BCUT2D eigenvalue weighted by Gasteiger charge is 2.19. The van der Waals surface area contributed by atoms with E-state index in [4.69, 9.17) is 10.5 Å². The highest BCUT2D eigenvalue weighted by molar-refractivity contribution is 9.11. The minimum atomic E-state index is -0.563. The highest BCUT2D eigenvalue weighted by atomic mass is 79.9. The Morgan fingerprint density at radius 1 is 1.33 bits per heavy atom. The van der Waals surface area contributed by atoms with Crippen molar-refractivity contribution in [3.63, 3.8) is 0 Å². The van der Waals surface area contributed by atoms with Gasteiger partial charge < -0.3 is 15.8 Å². The van der Waals surface area contributed by atoms with Gasteiger partial charge in [-0.05, 0) is 82.8 Å². The number of nitrogens with two attached hydrogens (primary N) is 1. The molecule has 0 aliphatic carbocycles. The molecule has 1 amide bonds. The van der Waals surface area contributed by atoms with Crippen molar-refractivity contribution < 1.29 is 9.53 Å². The standard InChI is InChI=1S/C15H22Br2N2O2/c1-4-9(2)19-15(20)10(3)21-14-12(16)7-11(5-6-18)8-13(14)17/h7-10H,4-6,18H2,1-3H3,(H,19,20). The molecular formula is C15H22Br2N2O2. The van der Waals surface area contributed by atoms with Crippen LogP contribution in [0, 0.1) is 0 Å². The maximum absolute atomic E-state index is 12.0. The highest BCUT2D eigenvalue weighted by Crippen LogP contribution is 2.35. The Balaban J connectivity index is 2.80. The molecule has 0 aromatic heterocycles. The van der Waals surface area contributed by atoms with Gasteiger partial charge in [-0.2, -0.15) is 0 Å². The van der Waals surface area contributed by atoms with Crippen molar-refractivity contribution in [2.75, 3.05) is 6.54 Å². The lowest BCUT2D eigenvalue weighted by Gasteiger charge is -2.19. The number of hydrogen-bond donors (Lipinski definition) is 2. The Labute approximate surface area is 143 Å². The lowest BCUT2D eigenvalue weighted by Crippen LogP contribution is -2.41. The second-order valence-electron chi connectivity index (χ2n) is 5.01. The Kier molecular flexibility index (Phi) is 7.70. The molecule has 2 atom stereocenters. The van der Waals surface area contributed by atoms with Crippen molar-refractivity contribution in [3.8, 4) is 5.75 Å². The van der Waals surface area contributed by atoms with Crippen molar-refractivity contribution >= 4 is 37.8 Å². The summed E-state index contributed by atoms with van der Waals surface area (Å²) in [6.07, 6.45) is 1.12. The van der Waals surface area contributed by atoms with Crippen LogP contribution in [0.25, 0.3) is 0 Å². The molecule has 1 aromatic carbocycles. The third-order valence-electron chi connectivity index (χ3n) is 3.16. The number of halogens is 2. The first-order chi connectivity index (χ1) is 9.88. The molecule has 0 aliphatic rings. The van der Waals surface area contributed by atoms with Crippen LogP contribution >= 0.6 is 31.9 Å². The van der Waals surface area contributed by atoms with Crippen LogP contribution in [0.3, 0.4) is 0 Å². The van der Waals surface area contributed by atoms with Gasteiger partial charge in [0.2, 0.25) is 0 Å². The van der Waals surface area contributed by atoms with Gasteiger partial charge in [-0.25, -0.2) is 0 Å². The molecule has 1 aromatic rings. The zero-order valence-corrected chi connectivity index (χ0v) is 15.8.